The number of aliphatic hydroxyl groups excluding tert-OH is 1. The van der Waals surface area contributed by atoms with Crippen LogP contribution in [0.15, 0.2) is 42.5 Å². The Labute approximate surface area is 209 Å². The fourth-order valence-electron chi connectivity index (χ4n) is 6.24. The molecule has 2 amide bonds. The lowest BCUT2D eigenvalue weighted by atomic mass is 9.73. The van der Waals surface area contributed by atoms with Crippen molar-refractivity contribution in [1.82, 2.24) is 4.90 Å². The number of halogens is 1. The van der Waals surface area contributed by atoms with Gasteiger partial charge in [0.05, 0.1) is 29.8 Å². The van der Waals surface area contributed by atoms with Crippen molar-refractivity contribution in [1.29, 1.82) is 0 Å². The third-order valence-electron chi connectivity index (χ3n) is 7.70. The highest BCUT2D eigenvalue weighted by Gasteiger charge is 2.75. The number of rotatable bonds is 4. The monoisotopic (exact) mass is 500 g/mol. The van der Waals surface area contributed by atoms with Crippen LogP contribution >= 0.6 is 11.6 Å². The van der Waals surface area contributed by atoms with Crippen LogP contribution in [0.3, 0.4) is 0 Å². The molecule has 4 heterocycles. The first-order valence-corrected chi connectivity index (χ1v) is 12.4. The molecule has 5 atom stereocenters. The zero-order valence-electron chi connectivity index (χ0n) is 19.8. The Morgan fingerprint density at radius 1 is 1.14 bits per heavy atom. The standard InChI is InChI=1S/C26H29ClN2O6/c1-3-25-10-4-5-15-34-24(33)19(25)18-22(31)29(13-14-30)21-23(32)28(12-7-11-26(18,21)35-25)20-16(2)8-6-9-17(20)27/h4,6-11,18-19,21,30H,3,5,12-15H2,1-2H3/t18-,19+,21?,25-,26-/m0/s1. The molecule has 4 aliphatic heterocycles. The number of fused-ring (bicyclic) bond motifs is 2. The Balaban J connectivity index is 1.69. The summed E-state index contributed by atoms with van der Waals surface area (Å²) in [5, 5.41) is 10.2. The second kappa shape index (κ2) is 8.76. The number of aryl methyl sites for hydroxylation is 1. The van der Waals surface area contributed by atoms with Crippen LogP contribution in [0.1, 0.15) is 25.3 Å². The Hall–Kier alpha value is -2.68. The smallest absolute Gasteiger partial charge is 0.313 e. The lowest BCUT2D eigenvalue weighted by Gasteiger charge is -2.38. The Kier molecular flexibility index (Phi) is 6.02. The van der Waals surface area contributed by atoms with Gasteiger partial charge in [-0.2, -0.15) is 0 Å². The van der Waals surface area contributed by atoms with Crippen molar-refractivity contribution in [2.24, 2.45) is 11.8 Å². The molecule has 35 heavy (non-hydrogen) atoms. The Morgan fingerprint density at radius 2 is 1.94 bits per heavy atom. The number of anilines is 1. The number of nitrogens with zero attached hydrogens (tertiary/aromatic N) is 2. The second-order valence-corrected chi connectivity index (χ2v) is 9.90. The molecule has 2 fully saturated rings. The third kappa shape index (κ3) is 3.37. The van der Waals surface area contributed by atoms with Gasteiger partial charge in [0.2, 0.25) is 5.91 Å². The third-order valence-corrected chi connectivity index (χ3v) is 8.01. The molecule has 1 unspecified atom stereocenters. The summed E-state index contributed by atoms with van der Waals surface area (Å²) in [7, 11) is 0. The molecule has 0 radical (unpaired) electrons. The summed E-state index contributed by atoms with van der Waals surface area (Å²) in [5.74, 6) is -3.13. The summed E-state index contributed by atoms with van der Waals surface area (Å²) in [4.78, 5) is 44.4. The minimum atomic E-state index is -1.39. The number of carbonyl (C=O) groups excluding carboxylic acids is 3. The number of benzene rings is 1. The van der Waals surface area contributed by atoms with E-state index in [1.54, 1.807) is 23.1 Å². The molecule has 0 aliphatic carbocycles. The zero-order valence-corrected chi connectivity index (χ0v) is 20.5. The SMILES string of the molecule is CC[C@]12C=CCCOC(=O)[C@H]1[C@H]1C(=O)N(CCO)C3C(=O)N(c4c(C)cccc4Cl)CC=C[C@@]31O2. The lowest BCUT2D eigenvalue weighted by molar-refractivity contribution is -0.160. The second-order valence-electron chi connectivity index (χ2n) is 9.49. The van der Waals surface area contributed by atoms with Gasteiger partial charge < -0.3 is 24.4 Å². The van der Waals surface area contributed by atoms with Gasteiger partial charge in [-0.1, -0.05) is 55.0 Å². The largest absolute Gasteiger partial charge is 0.465 e. The molecule has 0 bridgehead atoms. The fourth-order valence-corrected chi connectivity index (χ4v) is 6.57. The molecule has 8 nitrogen and oxygen atoms in total. The number of hydrogen-bond donors (Lipinski definition) is 1. The topological polar surface area (TPSA) is 96.4 Å². The van der Waals surface area contributed by atoms with Gasteiger partial charge >= 0.3 is 5.97 Å². The summed E-state index contributed by atoms with van der Waals surface area (Å²) < 4.78 is 12.3. The van der Waals surface area contributed by atoms with Gasteiger partial charge in [-0.05, 0) is 31.4 Å². The molecule has 2 saturated heterocycles. The molecule has 0 aromatic heterocycles. The lowest BCUT2D eigenvalue weighted by Crippen LogP contribution is -2.56. The minimum absolute atomic E-state index is 0.0588. The molecule has 0 saturated carbocycles. The molecule has 4 aliphatic rings. The number of carbonyl (C=O) groups is 3. The average molecular weight is 501 g/mol. The molecular formula is C26H29ClN2O6. The minimum Gasteiger partial charge on any atom is -0.465 e. The van der Waals surface area contributed by atoms with Gasteiger partial charge in [0.1, 0.15) is 23.2 Å². The number of amides is 2. The van der Waals surface area contributed by atoms with E-state index in [1.165, 1.54) is 4.90 Å². The number of aliphatic hydroxyl groups is 1. The molecule has 1 N–H and O–H groups in total. The Morgan fingerprint density at radius 3 is 2.66 bits per heavy atom. The number of esters is 1. The van der Waals surface area contributed by atoms with Crippen molar-refractivity contribution in [3.05, 3.63) is 53.1 Å². The number of β-amino-alcohol motifs (C(OH)–C–C–N with tert-alkyl or cyclic N) is 1. The van der Waals surface area contributed by atoms with Crippen LogP contribution in [0, 0.1) is 18.8 Å². The average Bonchev–Trinajstić information content (AvgIpc) is 3.16. The van der Waals surface area contributed by atoms with Crippen LogP contribution in [0.2, 0.25) is 5.02 Å². The summed E-state index contributed by atoms with van der Waals surface area (Å²) >= 11 is 6.52. The highest BCUT2D eigenvalue weighted by molar-refractivity contribution is 6.34. The molecule has 1 aromatic carbocycles. The number of para-hydroxylation sites is 1. The van der Waals surface area contributed by atoms with E-state index >= 15 is 0 Å². The summed E-state index contributed by atoms with van der Waals surface area (Å²) in [6, 6.07) is 4.33. The van der Waals surface area contributed by atoms with Gasteiger partial charge in [-0.3, -0.25) is 14.4 Å². The van der Waals surface area contributed by atoms with Crippen LogP contribution < -0.4 is 4.90 Å². The van der Waals surface area contributed by atoms with E-state index in [1.807, 2.05) is 38.1 Å². The Bertz CT molecular complexity index is 1110. The van der Waals surface area contributed by atoms with Crippen LogP contribution in [-0.4, -0.2) is 71.3 Å². The van der Waals surface area contributed by atoms with E-state index in [-0.39, 0.29) is 32.2 Å². The maximum Gasteiger partial charge on any atom is 0.313 e. The molecule has 186 valence electrons. The first-order chi connectivity index (χ1) is 16.8. The van der Waals surface area contributed by atoms with Crippen LogP contribution in [0.25, 0.3) is 0 Å². The van der Waals surface area contributed by atoms with Crippen LogP contribution in [0.5, 0.6) is 0 Å². The van der Waals surface area contributed by atoms with Gasteiger partial charge in [0.15, 0.2) is 0 Å². The first-order valence-electron chi connectivity index (χ1n) is 12.0. The van der Waals surface area contributed by atoms with E-state index in [0.717, 1.165) is 5.56 Å². The summed E-state index contributed by atoms with van der Waals surface area (Å²) in [5.41, 5.74) is -1.09. The van der Waals surface area contributed by atoms with Crippen molar-refractivity contribution in [3.63, 3.8) is 0 Å². The van der Waals surface area contributed by atoms with E-state index in [2.05, 4.69) is 0 Å². The van der Waals surface area contributed by atoms with Crippen LogP contribution in [0.4, 0.5) is 5.69 Å². The van der Waals surface area contributed by atoms with Crippen molar-refractivity contribution in [2.75, 3.05) is 31.2 Å². The molecule has 1 aromatic rings. The first kappa shape index (κ1) is 24.0. The van der Waals surface area contributed by atoms with E-state index in [0.29, 0.717) is 23.6 Å². The van der Waals surface area contributed by atoms with Crippen molar-refractivity contribution in [2.45, 2.75) is 43.9 Å². The molecule has 1 spiro atoms. The van der Waals surface area contributed by atoms with Crippen molar-refractivity contribution >= 4 is 35.1 Å². The quantitative estimate of drug-likeness (QED) is 0.504. The molecule has 9 heteroatoms. The zero-order chi connectivity index (χ0) is 25.0. The van der Waals surface area contributed by atoms with Gasteiger partial charge in [0.25, 0.3) is 5.91 Å². The number of likely N-dealkylation sites (tertiary alicyclic amines) is 1. The summed E-state index contributed by atoms with van der Waals surface area (Å²) in [6.45, 7) is 3.82. The highest BCUT2D eigenvalue weighted by Crippen LogP contribution is 2.58. The molecule has 5 rings (SSSR count). The number of ether oxygens (including phenoxy) is 2. The van der Waals surface area contributed by atoms with E-state index in [9.17, 15) is 19.5 Å². The molecular weight excluding hydrogens is 472 g/mol. The van der Waals surface area contributed by atoms with Gasteiger partial charge in [0, 0.05) is 13.1 Å². The predicted molar refractivity (Wildman–Crippen MR) is 129 cm³/mol. The van der Waals surface area contributed by atoms with Gasteiger partial charge in [-0.25, -0.2) is 0 Å². The van der Waals surface area contributed by atoms with E-state index < -0.39 is 41.0 Å². The van der Waals surface area contributed by atoms with Crippen molar-refractivity contribution < 1.29 is 29.0 Å². The van der Waals surface area contributed by atoms with Crippen molar-refractivity contribution in [3.8, 4) is 0 Å². The predicted octanol–water partition coefficient (Wildman–Crippen LogP) is 2.41. The number of hydrogen-bond acceptors (Lipinski definition) is 6. The summed E-state index contributed by atoms with van der Waals surface area (Å²) in [6.07, 6.45) is 8.32. The van der Waals surface area contributed by atoms with E-state index in [4.69, 9.17) is 21.1 Å². The fraction of sp³-hybridized carbons (Fsp3) is 0.500. The maximum absolute atomic E-state index is 14.3. The van der Waals surface area contributed by atoms with Gasteiger partial charge in [-0.15, -0.1) is 0 Å². The highest BCUT2D eigenvalue weighted by atomic mass is 35.5. The van der Waals surface area contributed by atoms with Crippen LogP contribution in [-0.2, 0) is 23.9 Å². The normalized spacial score (nSPS) is 34.2. The number of cyclic esters (lactones) is 1. The maximum atomic E-state index is 14.3.